The van der Waals surface area contributed by atoms with E-state index >= 15 is 0 Å². The summed E-state index contributed by atoms with van der Waals surface area (Å²) >= 11 is 1.72. The van der Waals surface area contributed by atoms with Gasteiger partial charge in [-0.2, -0.15) is 0 Å². The molecule has 2 aromatic carbocycles. The smallest absolute Gasteiger partial charge is 0.0971 e. The summed E-state index contributed by atoms with van der Waals surface area (Å²) < 4.78 is 2.31. The SMILES string of the molecule is c1cnc2c(c1)-c1cc(-n3c4ccccc4c4ccccc43)cnc1-c1sccc1-c1cccnc1-2. The Kier molecular flexibility index (Phi) is 4.07. The van der Waals surface area contributed by atoms with E-state index in [0.29, 0.717) is 0 Å². The molecule has 0 unspecified atom stereocenters. The molecule has 0 spiro atoms. The van der Waals surface area contributed by atoms with Gasteiger partial charge in [0.25, 0.3) is 0 Å². The molecule has 0 saturated carbocycles. The molecule has 168 valence electrons. The average molecular weight is 479 g/mol. The maximum absolute atomic E-state index is 5.12. The summed E-state index contributed by atoms with van der Waals surface area (Å²) in [5, 5.41) is 4.61. The van der Waals surface area contributed by atoms with E-state index in [-0.39, 0.29) is 0 Å². The van der Waals surface area contributed by atoms with Crippen molar-refractivity contribution in [3.8, 4) is 49.9 Å². The number of aromatic nitrogens is 4. The van der Waals surface area contributed by atoms with Crippen LogP contribution in [0.15, 0.2) is 109 Å². The van der Waals surface area contributed by atoms with Gasteiger partial charge in [0.05, 0.1) is 44.9 Å². The molecule has 0 saturated heterocycles. The molecule has 0 radical (unpaired) electrons. The highest BCUT2D eigenvalue weighted by Gasteiger charge is 2.26. The number of rotatable bonds is 1. The first kappa shape index (κ1) is 19.7. The molecule has 0 aliphatic heterocycles. The van der Waals surface area contributed by atoms with Gasteiger partial charge >= 0.3 is 0 Å². The molecule has 0 amide bonds. The van der Waals surface area contributed by atoms with Gasteiger partial charge in [-0.25, -0.2) is 0 Å². The first-order chi connectivity index (χ1) is 17.9. The van der Waals surface area contributed by atoms with Crippen LogP contribution in [0, 0.1) is 0 Å². The van der Waals surface area contributed by atoms with Crippen molar-refractivity contribution in [1.82, 2.24) is 19.5 Å². The van der Waals surface area contributed by atoms with E-state index in [4.69, 9.17) is 15.0 Å². The molecule has 8 rings (SSSR count). The van der Waals surface area contributed by atoms with Crippen molar-refractivity contribution in [1.29, 1.82) is 0 Å². The number of para-hydroxylation sites is 2. The van der Waals surface area contributed by atoms with Crippen molar-refractivity contribution >= 4 is 33.1 Å². The minimum atomic E-state index is 0.882. The number of hydrogen-bond acceptors (Lipinski definition) is 4. The molecule has 0 bridgehead atoms. The molecular formula is C31H18N4S. The number of nitrogens with zero attached hydrogens (tertiary/aromatic N) is 4. The van der Waals surface area contributed by atoms with Crippen LogP contribution in [0.4, 0.5) is 0 Å². The van der Waals surface area contributed by atoms with Gasteiger partial charge in [0, 0.05) is 45.4 Å². The van der Waals surface area contributed by atoms with Gasteiger partial charge < -0.3 is 4.57 Å². The van der Waals surface area contributed by atoms with Crippen molar-refractivity contribution in [2.24, 2.45) is 0 Å². The fraction of sp³-hybridized carbons (Fsp3) is 0. The van der Waals surface area contributed by atoms with E-state index in [2.05, 4.69) is 82.7 Å². The topological polar surface area (TPSA) is 43.6 Å². The molecule has 0 atom stereocenters. The molecule has 1 aliphatic carbocycles. The Bertz CT molecular complexity index is 1910. The van der Waals surface area contributed by atoms with Crippen LogP contribution in [0.5, 0.6) is 0 Å². The highest BCUT2D eigenvalue weighted by molar-refractivity contribution is 7.14. The zero-order valence-corrected chi connectivity index (χ0v) is 19.9. The fourth-order valence-electron chi connectivity index (χ4n) is 5.49. The second-order valence-electron chi connectivity index (χ2n) is 8.92. The minimum absolute atomic E-state index is 0.882. The van der Waals surface area contributed by atoms with Crippen LogP contribution in [0.1, 0.15) is 0 Å². The first-order valence-corrected chi connectivity index (χ1v) is 12.7. The van der Waals surface area contributed by atoms with Crippen molar-refractivity contribution in [3.63, 3.8) is 0 Å². The van der Waals surface area contributed by atoms with Crippen LogP contribution in [0.3, 0.4) is 0 Å². The fourth-order valence-corrected chi connectivity index (χ4v) is 6.41. The van der Waals surface area contributed by atoms with Gasteiger partial charge in [-0.3, -0.25) is 15.0 Å². The molecule has 5 heteroatoms. The molecule has 5 aromatic heterocycles. The summed E-state index contributed by atoms with van der Waals surface area (Å²) in [6.45, 7) is 0. The summed E-state index contributed by atoms with van der Waals surface area (Å²) in [6, 6.07) is 29.8. The van der Waals surface area contributed by atoms with Gasteiger partial charge in [-0.1, -0.05) is 48.5 Å². The standard InChI is InChI=1S/C31H18N4S/c1-3-11-26-20(7-1)21-8-2-4-12-27(21)35(26)19-17-25-23-10-6-15-33-29(23)28-22(9-5-14-32-28)24-13-16-36-31(24)30(25)34-18-19/h1-18H. The predicted molar refractivity (Wildman–Crippen MR) is 147 cm³/mol. The van der Waals surface area contributed by atoms with Crippen LogP contribution in [-0.2, 0) is 0 Å². The molecule has 0 N–H and O–H groups in total. The van der Waals surface area contributed by atoms with E-state index < -0.39 is 0 Å². The molecule has 36 heavy (non-hydrogen) atoms. The summed E-state index contributed by atoms with van der Waals surface area (Å²) in [6.07, 6.45) is 5.69. The maximum atomic E-state index is 5.12. The van der Waals surface area contributed by atoms with E-state index in [0.717, 1.165) is 49.9 Å². The third-order valence-electron chi connectivity index (χ3n) is 7.01. The van der Waals surface area contributed by atoms with Crippen LogP contribution in [0.25, 0.3) is 71.7 Å². The Balaban J connectivity index is 1.49. The predicted octanol–water partition coefficient (Wildman–Crippen LogP) is 8.01. The van der Waals surface area contributed by atoms with Gasteiger partial charge in [-0.15, -0.1) is 11.3 Å². The van der Waals surface area contributed by atoms with Gasteiger partial charge in [-0.05, 0) is 41.8 Å². The number of thiophene rings is 1. The molecule has 5 heterocycles. The van der Waals surface area contributed by atoms with Crippen molar-refractivity contribution in [2.75, 3.05) is 0 Å². The Morgan fingerprint density at radius 3 is 1.89 bits per heavy atom. The van der Waals surface area contributed by atoms with Gasteiger partial charge in [0.1, 0.15) is 0 Å². The van der Waals surface area contributed by atoms with Crippen LogP contribution in [0.2, 0.25) is 0 Å². The molecular weight excluding hydrogens is 460 g/mol. The van der Waals surface area contributed by atoms with E-state index in [9.17, 15) is 0 Å². The maximum Gasteiger partial charge on any atom is 0.0971 e. The van der Waals surface area contributed by atoms with E-state index in [1.54, 1.807) is 11.3 Å². The number of benzene rings is 2. The minimum Gasteiger partial charge on any atom is -0.308 e. The lowest BCUT2D eigenvalue weighted by molar-refractivity contribution is 1.14. The normalized spacial score (nSPS) is 11.9. The quantitative estimate of drug-likeness (QED) is 0.240. The third kappa shape index (κ3) is 2.66. The summed E-state index contributed by atoms with van der Waals surface area (Å²) in [4.78, 5) is 15.9. The first-order valence-electron chi connectivity index (χ1n) is 11.9. The third-order valence-corrected chi connectivity index (χ3v) is 7.93. The van der Waals surface area contributed by atoms with Crippen molar-refractivity contribution in [2.45, 2.75) is 0 Å². The Hall–Kier alpha value is -4.61. The monoisotopic (exact) mass is 478 g/mol. The van der Waals surface area contributed by atoms with Crippen LogP contribution < -0.4 is 0 Å². The lowest BCUT2D eigenvalue weighted by Gasteiger charge is -2.19. The van der Waals surface area contributed by atoms with Gasteiger partial charge in [0.2, 0.25) is 0 Å². The highest BCUT2D eigenvalue weighted by Crippen LogP contribution is 2.48. The number of hydrogen-bond donors (Lipinski definition) is 0. The summed E-state index contributed by atoms with van der Waals surface area (Å²) in [5.41, 5.74) is 10.5. The molecule has 4 nitrogen and oxygen atoms in total. The van der Waals surface area contributed by atoms with E-state index in [1.807, 2.05) is 30.7 Å². The Morgan fingerprint density at radius 1 is 0.556 bits per heavy atom. The summed E-state index contributed by atoms with van der Waals surface area (Å²) in [5.74, 6) is 0. The van der Waals surface area contributed by atoms with Crippen LogP contribution in [-0.4, -0.2) is 19.5 Å². The number of fused-ring (bicyclic) bond motifs is 11. The zero-order valence-electron chi connectivity index (χ0n) is 19.1. The Morgan fingerprint density at radius 2 is 1.19 bits per heavy atom. The number of pyridine rings is 3. The van der Waals surface area contributed by atoms with Crippen molar-refractivity contribution < 1.29 is 0 Å². The average Bonchev–Trinajstić information content (AvgIpc) is 3.55. The van der Waals surface area contributed by atoms with Crippen LogP contribution >= 0.6 is 11.3 Å². The largest absolute Gasteiger partial charge is 0.308 e. The second kappa shape index (κ2) is 7.44. The molecule has 7 aromatic rings. The highest BCUT2D eigenvalue weighted by atomic mass is 32.1. The second-order valence-corrected chi connectivity index (χ2v) is 9.84. The zero-order chi connectivity index (χ0) is 23.6. The van der Waals surface area contributed by atoms with Crippen molar-refractivity contribution in [3.05, 3.63) is 109 Å². The lowest BCUT2D eigenvalue weighted by atomic mass is 9.91. The molecule has 1 aliphatic rings. The Labute approximate surface area is 211 Å². The lowest BCUT2D eigenvalue weighted by Crippen LogP contribution is -2.02. The summed E-state index contributed by atoms with van der Waals surface area (Å²) in [7, 11) is 0. The van der Waals surface area contributed by atoms with Gasteiger partial charge in [0.15, 0.2) is 0 Å². The van der Waals surface area contributed by atoms with E-state index in [1.165, 1.54) is 21.8 Å². The molecule has 0 fully saturated rings.